The van der Waals surface area contributed by atoms with Gasteiger partial charge in [0.25, 0.3) is 10.0 Å². The van der Waals surface area contributed by atoms with Gasteiger partial charge in [-0.05, 0) is 62.2 Å². The highest BCUT2D eigenvalue weighted by Gasteiger charge is 2.33. The van der Waals surface area contributed by atoms with Gasteiger partial charge >= 0.3 is 0 Å². The van der Waals surface area contributed by atoms with Gasteiger partial charge in [-0.15, -0.1) is 0 Å². The molecule has 1 N–H and O–H groups in total. The molecule has 0 spiro atoms. The average molecular weight is 570 g/mol. The van der Waals surface area contributed by atoms with Crippen molar-refractivity contribution in [3.8, 4) is 5.75 Å². The summed E-state index contributed by atoms with van der Waals surface area (Å²) in [6, 6.07) is 17.5. The number of carbonyl (C=O) groups is 2. The van der Waals surface area contributed by atoms with Crippen molar-refractivity contribution in [3.05, 3.63) is 89.7 Å². The summed E-state index contributed by atoms with van der Waals surface area (Å²) in [4.78, 5) is 28.2. The van der Waals surface area contributed by atoms with Gasteiger partial charge in [-0.2, -0.15) is 0 Å². The number of hydrogen-bond acceptors (Lipinski definition) is 5. The van der Waals surface area contributed by atoms with Gasteiger partial charge in [-0.3, -0.25) is 13.9 Å². The number of halogens is 1. The third kappa shape index (κ3) is 7.59. The molecule has 40 heavy (non-hydrogen) atoms. The van der Waals surface area contributed by atoms with Gasteiger partial charge in [0.05, 0.1) is 17.7 Å². The Labute approximate surface area is 235 Å². The molecule has 214 valence electrons. The van der Waals surface area contributed by atoms with Crippen LogP contribution in [0.4, 0.5) is 10.1 Å². The molecular formula is C30H36FN3O5S. The maximum atomic E-state index is 13.9. The maximum Gasteiger partial charge on any atom is 0.264 e. The summed E-state index contributed by atoms with van der Waals surface area (Å²) in [6.07, 6.45) is 1.67. The summed E-state index contributed by atoms with van der Waals surface area (Å²) in [5.41, 5.74) is 1.65. The van der Waals surface area contributed by atoms with Crippen LogP contribution >= 0.6 is 0 Å². The maximum absolute atomic E-state index is 13.9. The first-order chi connectivity index (χ1) is 19.1. The molecule has 3 aromatic rings. The van der Waals surface area contributed by atoms with Crippen LogP contribution in [0, 0.1) is 12.7 Å². The van der Waals surface area contributed by atoms with Crippen molar-refractivity contribution in [2.45, 2.75) is 51.1 Å². The number of benzene rings is 3. The Morgan fingerprint density at radius 2 is 1.65 bits per heavy atom. The third-order valence-electron chi connectivity index (χ3n) is 6.50. The number of sulfonamides is 1. The van der Waals surface area contributed by atoms with E-state index in [4.69, 9.17) is 4.74 Å². The Morgan fingerprint density at radius 3 is 2.27 bits per heavy atom. The zero-order valence-electron chi connectivity index (χ0n) is 23.3. The lowest BCUT2D eigenvalue weighted by atomic mass is 10.1. The molecule has 0 fully saturated rings. The van der Waals surface area contributed by atoms with E-state index in [1.54, 1.807) is 43.3 Å². The Bertz CT molecular complexity index is 1400. The molecule has 0 bridgehead atoms. The fourth-order valence-corrected chi connectivity index (χ4v) is 5.52. The molecule has 3 aromatic carbocycles. The molecule has 0 aromatic heterocycles. The fourth-order valence-electron chi connectivity index (χ4n) is 4.09. The molecule has 0 saturated carbocycles. The van der Waals surface area contributed by atoms with Crippen molar-refractivity contribution in [3.63, 3.8) is 0 Å². The third-order valence-corrected chi connectivity index (χ3v) is 8.28. The van der Waals surface area contributed by atoms with Gasteiger partial charge in [-0.25, -0.2) is 12.8 Å². The van der Waals surface area contributed by atoms with Crippen molar-refractivity contribution in [2.75, 3.05) is 24.5 Å². The molecule has 0 aliphatic heterocycles. The lowest BCUT2D eigenvalue weighted by molar-refractivity contribution is -0.139. The Morgan fingerprint density at radius 1 is 1.00 bits per heavy atom. The molecule has 0 radical (unpaired) electrons. The highest BCUT2D eigenvalue weighted by Crippen LogP contribution is 2.32. The van der Waals surface area contributed by atoms with Gasteiger partial charge in [0.2, 0.25) is 11.8 Å². The molecule has 0 aliphatic rings. The van der Waals surface area contributed by atoms with Crippen molar-refractivity contribution < 1.29 is 27.1 Å². The summed E-state index contributed by atoms with van der Waals surface area (Å²) in [5, 5.41) is 2.83. The number of rotatable bonds is 13. The van der Waals surface area contributed by atoms with E-state index in [0.717, 1.165) is 22.7 Å². The minimum atomic E-state index is -4.22. The number of carbonyl (C=O) groups excluding carboxylic acids is 2. The number of methoxy groups -OCH3 is 1. The van der Waals surface area contributed by atoms with Gasteiger partial charge < -0.3 is 15.0 Å². The number of nitrogens with one attached hydrogen (secondary N) is 1. The summed E-state index contributed by atoms with van der Waals surface area (Å²) in [7, 11) is -2.80. The molecule has 0 heterocycles. The first-order valence-corrected chi connectivity index (χ1v) is 14.6. The predicted molar refractivity (Wildman–Crippen MR) is 153 cm³/mol. The Kier molecular flexibility index (Phi) is 10.7. The van der Waals surface area contributed by atoms with E-state index >= 15 is 0 Å². The number of anilines is 1. The Balaban J connectivity index is 2.03. The van der Waals surface area contributed by atoms with Crippen LogP contribution in [-0.2, 0) is 26.2 Å². The summed E-state index contributed by atoms with van der Waals surface area (Å²) in [6.45, 7) is 5.27. The summed E-state index contributed by atoms with van der Waals surface area (Å²) >= 11 is 0. The Hall–Kier alpha value is -3.92. The van der Waals surface area contributed by atoms with Gasteiger partial charge in [0, 0.05) is 13.1 Å². The van der Waals surface area contributed by atoms with Crippen LogP contribution in [0.15, 0.2) is 77.7 Å². The van der Waals surface area contributed by atoms with Crippen LogP contribution in [-0.4, -0.2) is 51.4 Å². The smallest absolute Gasteiger partial charge is 0.264 e. The van der Waals surface area contributed by atoms with Gasteiger partial charge in [0.1, 0.15) is 24.2 Å². The number of hydrogen-bond donors (Lipinski definition) is 1. The lowest BCUT2D eigenvalue weighted by Crippen LogP contribution is -2.51. The van der Waals surface area contributed by atoms with Crippen LogP contribution < -0.4 is 14.4 Å². The second-order valence-electron chi connectivity index (χ2n) is 9.47. The monoisotopic (exact) mass is 569 g/mol. The van der Waals surface area contributed by atoms with E-state index in [0.29, 0.717) is 12.1 Å². The van der Waals surface area contributed by atoms with Crippen LogP contribution in [0.5, 0.6) is 5.75 Å². The van der Waals surface area contributed by atoms with Crippen LogP contribution in [0.25, 0.3) is 0 Å². The second kappa shape index (κ2) is 13.9. The highest BCUT2D eigenvalue weighted by molar-refractivity contribution is 7.92. The molecule has 10 heteroatoms. The molecule has 8 nitrogen and oxygen atoms in total. The highest BCUT2D eigenvalue weighted by atomic mass is 32.2. The zero-order chi connectivity index (χ0) is 29.3. The number of unbranched alkanes of at least 4 members (excludes halogenated alkanes) is 1. The lowest BCUT2D eigenvalue weighted by Gasteiger charge is -2.32. The van der Waals surface area contributed by atoms with E-state index in [-0.39, 0.29) is 28.8 Å². The molecule has 3 rings (SSSR count). The second-order valence-corrected chi connectivity index (χ2v) is 11.3. The van der Waals surface area contributed by atoms with E-state index in [1.165, 1.54) is 48.4 Å². The molecular weight excluding hydrogens is 533 g/mol. The zero-order valence-corrected chi connectivity index (χ0v) is 24.1. The van der Waals surface area contributed by atoms with Crippen LogP contribution in [0.1, 0.15) is 37.8 Å². The normalized spacial score (nSPS) is 11.9. The molecule has 2 amide bonds. The summed E-state index contributed by atoms with van der Waals surface area (Å²) in [5.74, 6) is -1.14. The van der Waals surface area contributed by atoms with Crippen LogP contribution in [0.2, 0.25) is 0 Å². The first-order valence-electron chi connectivity index (χ1n) is 13.1. The van der Waals surface area contributed by atoms with Crippen molar-refractivity contribution >= 4 is 27.5 Å². The average Bonchev–Trinajstić information content (AvgIpc) is 2.95. The minimum absolute atomic E-state index is 0.00671. The largest absolute Gasteiger partial charge is 0.495 e. The van der Waals surface area contributed by atoms with E-state index in [9.17, 15) is 22.4 Å². The quantitative estimate of drug-likeness (QED) is 0.302. The number of para-hydroxylation sites is 2. The number of amides is 2. The van der Waals surface area contributed by atoms with E-state index in [2.05, 4.69) is 5.32 Å². The number of aryl methyl sites for hydroxylation is 1. The minimum Gasteiger partial charge on any atom is -0.495 e. The van der Waals surface area contributed by atoms with Crippen molar-refractivity contribution in [1.29, 1.82) is 0 Å². The molecule has 1 atom stereocenters. The standard InChI is InChI=1S/C30H36FN3O5S/c1-5-6-19-32-30(36)23(3)33(20-24-13-15-25(31)16-14-24)29(35)21-34(27-9-7-8-10-28(27)39-4)40(37,38)26-17-11-22(2)12-18-26/h7-18,23H,5-6,19-21H2,1-4H3,(H,32,36)/t23-/m0/s1. The van der Waals surface area contributed by atoms with Gasteiger partial charge in [0.15, 0.2) is 0 Å². The molecule has 0 aliphatic carbocycles. The van der Waals surface area contributed by atoms with E-state index in [1.807, 2.05) is 13.8 Å². The first kappa shape index (κ1) is 30.6. The number of nitrogens with zero attached hydrogens (tertiary/aromatic N) is 2. The number of ether oxygens (including phenoxy) is 1. The van der Waals surface area contributed by atoms with Crippen molar-refractivity contribution in [1.82, 2.24) is 10.2 Å². The van der Waals surface area contributed by atoms with Crippen LogP contribution in [0.3, 0.4) is 0 Å². The summed E-state index contributed by atoms with van der Waals surface area (Å²) < 4.78 is 47.8. The molecule has 0 saturated heterocycles. The SMILES string of the molecule is CCCCNC(=O)[C@H](C)N(Cc1ccc(F)cc1)C(=O)CN(c1ccccc1OC)S(=O)(=O)c1ccc(C)cc1. The predicted octanol–water partition coefficient (Wildman–Crippen LogP) is 4.67. The van der Waals surface area contributed by atoms with Crippen molar-refractivity contribution in [2.24, 2.45) is 0 Å². The molecule has 0 unspecified atom stereocenters. The van der Waals surface area contributed by atoms with Gasteiger partial charge in [-0.1, -0.05) is 55.3 Å². The topological polar surface area (TPSA) is 96.0 Å². The fraction of sp³-hybridized carbons (Fsp3) is 0.333. The van der Waals surface area contributed by atoms with E-state index < -0.39 is 34.3 Å².